The first kappa shape index (κ1) is 12.6. The van der Waals surface area contributed by atoms with Crippen molar-refractivity contribution in [3.63, 3.8) is 0 Å². The van der Waals surface area contributed by atoms with Gasteiger partial charge in [-0.25, -0.2) is 0 Å². The van der Waals surface area contributed by atoms with Gasteiger partial charge in [-0.05, 0) is 11.6 Å². The minimum absolute atomic E-state index is 0.272. The molecule has 2 heterocycles. The number of fused-ring (bicyclic) bond motifs is 1. The molecule has 3 aromatic rings. The average Bonchev–Trinajstić information content (AvgIpc) is 3.15. The van der Waals surface area contributed by atoms with Gasteiger partial charge < -0.3 is 14.0 Å². The van der Waals surface area contributed by atoms with Crippen molar-refractivity contribution < 1.29 is 9.47 Å². The van der Waals surface area contributed by atoms with E-state index < -0.39 is 0 Å². The van der Waals surface area contributed by atoms with Gasteiger partial charge >= 0.3 is 0 Å². The monoisotopic (exact) mass is 279 g/mol. The van der Waals surface area contributed by atoms with E-state index in [0.717, 1.165) is 5.56 Å². The molecule has 21 heavy (non-hydrogen) atoms. The van der Waals surface area contributed by atoms with Crippen LogP contribution in [-0.2, 0) is 16.5 Å². The van der Waals surface area contributed by atoms with E-state index in [4.69, 9.17) is 9.47 Å². The van der Waals surface area contributed by atoms with Crippen LogP contribution in [0.3, 0.4) is 0 Å². The molecule has 3 nitrogen and oxygen atoms in total. The first-order valence-corrected chi connectivity index (χ1v) is 7.22. The van der Waals surface area contributed by atoms with Gasteiger partial charge in [0.15, 0.2) is 6.29 Å². The van der Waals surface area contributed by atoms with E-state index >= 15 is 0 Å². The molecule has 0 unspecified atom stereocenters. The van der Waals surface area contributed by atoms with Crippen LogP contribution >= 0.6 is 0 Å². The van der Waals surface area contributed by atoms with E-state index in [-0.39, 0.29) is 6.29 Å². The van der Waals surface area contributed by atoms with Crippen LogP contribution in [0.1, 0.15) is 11.9 Å². The summed E-state index contributed by atoms with van der Waals surface area (Å²) >= 11 is 0. The normalized spacial score (nSPS) is 15.9. The molecule has 106 valence electrons. The Hall–Kier alpha value is -2.10. The lowest BCUT2D eigenvalue weighted by atomic mass is 10.0. The standard InChI is InChI=1S/C18H17NO2/c1-19-15-10-6-5-9-14(15)16(18-20-11-12-21-18)17(19)13-7-3-2-4-8-13/h2-10,18H,11-12H2,1H3. The quantitative estimate of drug-likeness (QED) is 0.710. The van der Waals surface area contributed by atoms with Gasteiger partial charge in [0.2, 0.25) is 0 Å². The van der Waals surface area contributed by atoms with Crippen molar-refractivity contribution in [1.29, 1.82) is 0 Å². The van der Waals surface area contributed by atoms with E-state index in [1.54, 1.807) is 0 Å². The fourth-order valence-corrected chi connectivity index (χ4v) is 3.13. The molecule has 1 saturated heterocycles. The predicted molar refractivity (Wildman–Crippen MR) is 83.0 cm³/mol. The van der Waals surface area contributed by atoms with Crippen molar-refractivity contribution in [2.24, 2.45) is 7.05 Å². The molecule has 0 amide bonds. The molecule has 4 rings (SSSR count). The molecule has 0 N–H and O–H groups in total. The highest BCUT2D eigenvalue weighted by Gasteiger charge is 2.27. The molecule has 0 spiro atoms. The molecule has 0 aliphatic carbocycles. The summed E-state index contributed by atoms with van der Waals surface area (Å²) in [4.78, 5) is 0. The van der Waals surface area contributed by atoms with Gasteiger partial charge in [-0.15, -0.1) is 0 Å². The third-order valence-electron chi connectivity index (χ3n) is 4.05. The highest BCUT2D eigenvalue weighted by molar-refractivity contribution is 5.92. The summed E-state index contributed by atoms with van der Waals surface area (Å²) < 4.78 is 13.8. The highest BCUT2D eigenvalue weighted by atomic mass is 16.7. The minimum atomic E-state index is -0.272. The number of para-hydroxylation sites is 1. The van der Waals surface area contributed by atoms with Crippen LogP contribution in [0.15, 0.2) is 54.6 Å². The molecule has 3 heteroatoms. The summed E-state index contributed by atoms with van der Waals surface area (Å²) in [5, 5.41) is 1.20. The molecule has 0 bridgehead atoms. The van der Waals surface area contributed by atoms with E-state index in [1.807, 2.05) is 6.07 Å². The smallest absolute Gasteiger partial charge is 0.186 e. The average molecular weight is 279 g/mol. The van der Waals surface area contributed by atoms with Crippen molar-refractivity contribution in [1.82, 2.24) is 4.57 Å². The number of nitrogens with zero attached hydrogens (tertiary/aromatic N) is 1. The summed E-state index contributed by atoms with van der Waals surface area (Å²) in [7, 11) is 2.10. The van der Waals surface area contributed by atoms with Crippen molar-refractivity contribution in [2.75, 3.05) is 13.2 Å². The second kappa shape index (κ2) is 5.02. The van der Waals surface area contributed by atoms with Crippen LogP contribution in [-0.4, -0.2) is 17.8 Å². The third-order valence-corrected chi connectivity index (χ3v) is 4.05. The fourth-order valence-electron chi connectivity index (χ4n) is 3.13. The van der Waals surface area contributed by atoms with Gasteiger partial charge in [-0.2, -0.15) is 0 Å². The zero-order chi connectivity index (χ0) is 14.2. The van der Waals surface area contributed by atoms with Crippen LogP contribution in [0, 0.1) is 0 Å². The van der Waals surface area contributed by atoms with Gasteiger partial charge in [0.1, 0.15) is 0 Å². The lowest BCUT2D eigenvalue weighted by Crippen LogP contribution is -2.01. The SMILES string of the molecule is Cn1c(-c2ccccc2)c(C2OCCO2)c2ccccc21. The zero-order valence-corrected chi connectivity index (χ0v) is 12.0. The molecule has 0 radical (unpaired) electrons. The summed E-state index contributed by atoms with van der Waals surface area (Å²) in [6, 6.07) is 18.8. The zero-order valence-electron chi connectivity index (χ0n) is 12.0. The lowest BCUT2D eigenvalue weighted by molar-refractivity contribution is -0.0426. The van der Waals surface area contributed by atoms with E-state index in [0.29, 0.717) is 13.2 Å². The molecular formula is C18H17NO2. The molecule has 0 saturated carbocycles. The molecule has 1 fully saturated rings. The summed E-state index contributed by atoms with van der Waals surface area (Å²) in [6.45, 7) is 1.31. The second-order valence-electron chi connectivity index (χ2n) is 5.28. The van der Waals surface area contributed by atoms with E-state index in [9.17, 15) is 0 Å². The second-order valence-corrected chi connectivity index (χ2v) is 5.28. The Kier molecular flexibility index (Phi) is 3.02. The predicted octanol–water partition coefficient (Wildman–Crippen LogP) is 3.89. The van der Waals surface area contributed by atoms with Gasteiger partial charge in [-0.1, -0.05) is 48.5 Å². The van der Waals surface area contributed by atoms with Gasteiger partial charge in [0, 0.05) is 23.5 Å². The summed E-state index contributed by atoms with van der Waals surface area (Å²) in [5.74, 6) is 0. The molecule has 0 atom stereocenters. The maximum atomic E-state index is 5.79. The molecular weight excluding hydrogens is 262 g/mol. The van der Waals surface area contributed by atoms with Crippen LogP contribution in [0.25, 0.3) is 22.2 Å². The fraction of sp³-hybridized carbons (Fsp3) is 0.222. The maximum Gasteiger partial charge on any atom is 0.186 e. The molecule has 2 aromatic carbocycles. The number of aromatic nitrogens is 1. The number of hydrogen-bond acceptors (Lipinski definition) is 2. The Bertz CT molecular complexity index is 771. The van der Waals surface area contributed by atoms with E-state index in [1.165, 1.54) is 22.2 Å². The summed E-state index contributed by atoms with van der Waals surface area (Å²) in [6.07, 6.45) is -0.272. The van der Waals surface area contributed by atoms with Gasteiger partial charge in [-0.3, -0.25) is 0 Å². The van der Waals surface area contributed by atoms with Crippen LogP contribution < -0.4 is 0 Å². The first-order chi connectivity index (χ1) is 10.4. The largest absolute Gasteiger partial charge is 0.346 e. The van der Waals surface area contributed by atoms with Crippen molar-refractivity contribution >= 4 is 10.9 Å². The van der Waals surface area contributed by atoms with Crippen molar-refractivity contribution in [3.05, 3.63) is 60.2 Å². The van der Waals surface area contributed by atoms with Crippen molar-refractivity contribution in [2.45, 2.75) is 6.29 Å². The third kappa shape index (κ3) is 1.97. The van der Waals surface area contributed by atoms with E-state index in [2.05, 4.69) is 60.1 Å². The van der Waals surface area contributed by atoms with Crippen LogP contribution in [0.2, 0.25) is 0 Å². The minimum Gasteiger partial charge on any atom is -0.346 e. The number of benzene rings is 2. The lowest BCUT2D eigenvalue weighted by Gasteiger charge is -2.13. The number of aryl methyl sites for hydroxylation is 1. The Morgan fingerprint density at radius 1 is 0.905 bits per heavy atom. The van der Waals surface area contributed by atoms with Crippen molar-refractivity contribution in [3.8, 4) is 11.3 Å². The Balaban J connectivity index is 2.04. The number of ether oxygens (including phenoxy) is 2. The van der Waals surface area contributed by atoms with Crippen LogP contribution in [0.5, 0.6) is 0 Å². The maximum absolute atomic E-state index is 5.79. The molecule has 1 aliphatic heterocycles. The molecule has 1 aromatic heterocycles. The number of hydrogen-bond donors (Lipinski definition) is 0. The van der Waals surface area contributed by atoms with Crippen LogP contribution in [0.4, 0.5) is 0 Å². The number of rotatable bonds is 2. The first-order valence-electron chi connectivity index (χ1n) is 7.22. The topological polar surface area (TPSA) is 23.4 Å². The Labute approximate surface area is 123 Å². The molecule has 1 aliphatic rings. The Morgan fingerprint density at radius 2 is 1.57 bits per heavy atom. The Morgan fingerprint density at radius 3 is 2.33 bits per heavy atom. The highest BCUT2D eigenvalue weighted by Crippen LogP contribution is 2.39. The van der Waals surface area contributed by atoms with Gasteiger partial charge in [0.05, 0.1) is 18.9 Å². The summed E-state index contributed by atoms with van der Waals surface area (Å²) in [5.41, 5.74) is 4.69. The van der Waals surface area contributed by atoms with Gasteiger partial charge in [0.25, 0.3) is 0 Å².